The molecule has 7 aliphatic rings. The number of hydrogen-bond acceptors (Lipinski definition) is 1. The zero-order valence-corrected chi connectivity index (χ0v) is 12.3. The van der Waals surface area contributed by atoms with Gasteiger partial charge in [0.1, 0.15) is 0 Å². The summed E-state index contributed by atoms with van der Waals surface area (Å²) in [5, 5.41) is 0. The van der Waals surface area contributed by atoms with Gasteiger partial charge >= 0.3 is 0 Å². The largest absolute Gasteiger partial charge is 0.502 e. The Hall–Kier alpha value is -0.460. The van der Waals surface area contributed by atoms with Crippen LogP contribution in [0.15, 0.2) is 12.8 Å². The van der Waals surface area contributed by atoms with Crippen molar-refractivity contribution in [3.63, 3.8) is 0 Å². The summed E-state index contributed by atoms with van der Waals surface area (Å²) in [4.78, 5) is 0. The third-order valence-corrected chi connectivity index (χ3v) is 7.22. The highest BCUT2D eigenvalue weighted by atomic mass is 16.5. The molecular weight excluding hydrogens is 232 g/mol. The lowest BCUT2D eigenvalue weighted by Gasteiger charge is -2.69. The van der Waals surface area contributed by atoms with Gasteiger partial charge in [-0.1, -0.05) is 6.58 Å². The third-order valence-electron chi connectivity index (χ3n) is 7.22. The Morgan fingerprint density at radius 2 is 1.11 bits per heavy atom. The van der Waals surface area contributed by atoms with Crippen LogP contribution in [0.3, 0.4) is 0 Å². The van der Waals surface area contributed by atoms with Crippen LogP contribution in [0.1, 0.15) is 45.4 Å². The number of rotatable bonds is 2. The molecule has 19 heavy (non-hydrogen) atoms. The summed E-state index contributed by atoms with van der Waals surface area (Å²) in [6.45, 7) is 5.97. The maximum atomic E-state index is 4.60. The molecule has 0 aromatic rings. The van der Waals surface area contributed by atoms with Crippen molar-refractivity contribution in [2.75, 3.05) is 6.61 Å². The number of hydrogen-bond donors (Lipinski definition) is 0. The third kappa shape index (κ3) is 1.73. The van der Waals surface area contributed by atoms with Crippen LogP contribution in [-0.4, -0.2) is 6.61 Å². The maximum absolute atomic E-state index is 4.60. The highest BCUT2D eigenvalue weighted by molar-refractivity contribution is 5.12. The van der Waals surface area contributed by atoms with E-state index in [9.17, 15) is 0 Å². The summed E-state index contributed by atoms with van der Waals surface area (Å²) >= 11 is 0. The Labute approximate surface area is 117 Å². The quantitative estimate of drug-likeness (QED) is 0.665. The first-order chi connectivity index (χ1) is 9.31. The predicted octanol–water partition coefficient (Wildman–Crippen LogP) is 4.49. The Kier molecular flexibility index (Phi) is 2.93. The van der Waals surface area contributed by atoms with Gasteiger partial charge in [-0.15, -0.1) is 0 Å². The van der Waals surface area contributed by atoms with Crippen molar-refractivity contribution in [2.24, 2.45) is 47.3 Å². The second-order valence-corrected chi connectivity index (χ2v) is 7.75. The minimum absolute atomic E-state index is 0.726. The van der Waals surface area contributed by atoms with Crippen molar-refractivity contribution in [1.82, 2.24) is 0 Å². The van der Waals surface area contributed by atoms with E-state index < -0.39 is 0 Å². The van der Waals surface area contributed by atoms with Gasteiger partial charge in [-0.05, 0) is 92.8 Å². The molecule has 0 radical (unpaired) electrons. The van der Waals surface area contributed by atoms with E-state index in [4.69, 9.17) is 0 Å². The minimum atomic E-state index is 0.726. The van der Waals surface area contributed by atoms with Gasteiger partial charge in [0.2, 0.25) is 0 Å². The average Bonchev–Trinajstić information content (AvgIpc) is 2.45. The van der Waals surface area contributed by atoms with Gasteiger partial charge in [0, 0.05) is 0 Å². The molecule has 0 aromatic heterocycles. The molecule has 106 valence electrons. The van der Waals surface area contributed by atoms with Crippen molar-refractivity contribution >= 4 is 0 Å². The molecule has 0 atom stereocenters. The SMILES string of the molecule is C1C2CC3C4CC5CC(C14)C(C2)C3C5.C=COCC. The minimum Gasteiger partial charge on any atom is -0.502 e. The van der Waals surface area contributed by atoms with Gasteiger partial charge in [-0.25, -0.2) is 0 Å². The van der Waals surface area contributed by atoms with Crippen LogP contribution in [-0.2, 0) is 4.74 Å². The summed E-state index contributed by atoms with van der Waals surface area (Å²) in [5.74, 6) is 9.74. The molecule has 0 saturated heterocycles. The van der Waals surface area contributed by atoms with Crippen LogP contribution in [0.4, 0.5) is 0 Å². The Morgan fingerprint density at radius 1 is 0.789 bits per heavy atom. The summed E-state index contributed by atoms with van der Waals surface area (Å²) in [6.07, 6.45) is 11.4. The molecule has 1 heteroatoms. The van der Waals surface area contributed by atoms with E-state index in [-0.39, 0.29) is 0 Å². The van der Waals surface area contributed by atoms with Crippen molar-refractivity contribution < 1.29 is 4.74 Å². The van der Waals surface area contributed by atoms with Gasteiger partial charge in [-0.2, -0.15) is 0 Å². The maximum Gasteiger partial charge on any atom is 0.0844 e. The van der Waals surface area contributed by atoms with Gasteiger partial charge in [0.05, 0.1) is 12.9 Å². The van der Waals surface area contributed by atoms with Crippen LogP contribution in [0.25, 0.3) is 0 Å². The fourth-order valence-corrected chi connectivity index (χ4v) is 7.01. The van der Waals surface area contributed by atoms with Crippen molar-refractivity contribution in [1.29, 1.82) is 0 Å². The lowest BCUT2D eigenvalue weighted by Crippen LogP contribution is -2.62. The van der Waals surface area contributed by atoms with Gasteiger partial charge < -0.3 is 4.74 Å². The van der Waals surface area contributed by atoms with Gasteiger partial charge in [-0.3, -0.25) is 0 Å². The van der Waals surface area contributed by atoms with E-state index in [1.165, 1.54) is 53.6 Å². The molecule has 0 spiro atoms. The molecule has 0 amide bonds. The van der Waals surface area contributed by atoms with E-state index in [0.29, 0.717) is 0 Å². The smallest absolute Gasteiger partial charge is 0.0844 e. The molecule has 0 N–H and O–H groups in total. The van der Waals surface area contributed by atoms with E-state index in [2.05, 4.69) is 11.3 Å². The molecular formula is C18H28O. The van der Waals surface area contributed by atoms with Crippen LogP contribution in [0.5, 0.6) is 0 Å². The standard InChI is InChI=1S/C14H20.C4H8O/c1-7-2-12-10-4-8-5-11(9(1)10)13(3-7)14(12)6-8;1-3-5-4-2/h7-14H,1-6H2;3H,1,4H2,2H3. The molecule has 7 aliphatic carbocycles. The lowest BCUT2D eigenvalue weighted by atomic mass is 9.36. The highest BCUT2D eigenvalue weighted by Gasteiger charge is 2.63. The Bertz CT molecular complexity index is 273. The van der Waals surface area contributed by atoms with E-state index in [0.717, 1.165) is 6.61 Å². The van der Waals surface area contributed by atoms with Gasteiger partial charge in [0.15, 0.2) is 0 Å². The van der Waals surface area contributed by atoms with Crippen LogP contribution >= 0.6 is 0 Å². The molecule has 8 bridgehead atoms. The van der Waals surface area contributed by atoms with Gasteiger partial charge in [0.25, 0.3) is 0 Å². The zero-order valence-electron chi connectivity index (χ0n) is 12.3. The molecule has 0 aromatic carbocycles. The zero-order chi connectivity index (χ0) is 13.0. The van der Waals surface area contributed by atoms with Crippen molar-refractivity contribution in [3.8, 4) is 0 Å². The van der Waals surface area contributed by atoms with E-state index >= 15 is 0 Å². The monoisotopic (exact) mass is 260 g/mol. The molecule has 0 aliphatic heterocycles. The van der Waals surface area contributed by atoms with E-state index in [1.54, 1.807) is 38.5 Å². The second kappa shape index (κ2) is 4.53. The molecule has 7 fully saturated rings. The molecule has 0 unspecified atom stereocenters. The van der Waals surface area contributed by atoms with Crippen LogP contribution < -0.4 is 0 Å². The lowest BCUT2D eigenvalue weighted by molar-refractivity contribution is -0.202. The summed E-state index contributed by atoms with van der Waals surface area (Å²) in [7, 11) is 0. The number of ether oxygens (including phenoxy) is 1. The summed E-state index contributed by atoms with van der Waals surface area (Å²) in [5.41, 5.74) is 0. The average molecular weight is 260 g/mol. The highest BCUT2D eigenvalue weighted by Crippen LogP contribution is 2.71. The topological polar surface area (TPSA) is 9.23 Å². The molecule has 0 heterocycles. The van der Waals surface area contributed by atoms with Crippen LogP contribution in [0.2, 0.25) is 0 Å². The molecule has 7 rings (SSSR count). The first-order valence-electron chi connectivity index (χ1n) is 8.54. The second-order valence-electron chi connectivity index (χ2n) is 7.75. The summed E-state index contributed by atoms with van der Waals surface area (Å²) < 4.78 is 4.60. The van der Waals surface area contributed by atoms with Crippen molar-refractivity contribution in [3.05, 3.63) is 12.8 Å². The molecule has 1 nitrogen and oxygen atoms in total. The van der Waals surface area contributed by atoms with Crippen molar-refractivity contribution in [2.45, 2.75) is 45.4 Å². The normalized spacial score (nSPS) is 54.8. The predicted molar refractivity (Wildman–Crippen MR) is 77.4 cm³/mol. The summed E-state index contributed by atoms with van der Waals surface area (Å²) in [6, 6.07) is 0. The first-order valence-corrected chi connectivity index (χ1v) is 8.54. The fraction of sp³-hybridized carbons (Fsp3) is 0.889. The Morgan fingerprint density at radius 3 is 1.26 bits per heavy atom. The van der Waals surface area contributed by atoms with E-state index in [1.807, 2.05) is 6.92 Å². The molecule has 7 saturated carbocycles. The first kappa shape index (κ1) is 12.3. The Balaban J connectivity index is 0.000000171. The van der Waals surface area contributed by atoms with Crippen LogP contribution in [0, 0.1) is 47.3 Å². The fourth-order valence-electron chi connectivity index (χ4n) is 7.01.